The Balaban J connectivity index is 2.88. The van der Waals surface area contributed by atoms with Crippen LogP contribution >= 0.6 is 0 Å². The fourth-order valence-electron chi connectivity index (χ4n) is 1.42. The van der Waals surface area contributed by atoms with Crippen molar-refractivity contribution in [2.45, 2.75) is 19.6 Å². The van der Waals surface area contributed by atoms with Crippen molar-refractivity contribution in [1.82, 2.24) is 20.1 Å². The third kappa shape index (κ3) is 5.06. The highest BCUT2D eigenvalue weighted by Crippen LogP contribution is 2.07. The van der Waals surface area contributed by atoms with E-state index in [9.17, 15) is 24.8 Å². The first-order valence-electron chi connectivity index (χ1n) is 6.14. The van der Waals surface area contributed by atoms with Gasteiger partial charge in [0.15, 0.2) is 0 Å². The molecule has 0 spiro atoms. The van der Waals surface area contributed by atoms with Crippen molar-refractivity contribution in [2.75, 3.05) is 19.8 Å². The topological polar surface area (TPSA) is 170 Å². The van der Waals surface area contributed by atoms with Gasteiger partial charge in [0.05, 0.1) is 13.2 Å². The Morgan fingerprint density at radius 2 is 2.23 bits per heavy atom. The number of carbonyl (C=O) groups excluding carboxylic acids is 2. The molecule has 22 heavy (non-hydrogen) atoms. The van der Waals surface area contributed by atoms with Crippen molar-refractivity contribution in [3.05, 3.63) is 15.9 Å². The van der Waals surface area contributed by atoms with E-state index in [2.05, 4.69) is 20.1 Å². The Morgan fingerprint density at radius 3 is 2.77 bits per heavy atom. The minimum absolute atomic E-state index is 0.0739. The number of hydrogen-bond acceptors (Lipinski definition) is 9. The number of carbonyl (C=O) groups is 2. The smallest absolute Gasteiger partial charge is 0.463 e. The van der Waals surface area contributed by atoms with Crippen LogP contribution in [0.5, 0.6) is 0 Å². The van der Waals surface area contributed by atoms with Crippen LogP contribution < -0.4 is 5.32 Å². The van der Waals surface area contributed by atoms with E-state index in [0.717, 1.165) is 11.6 Å². The number of nitrogens with one attached hydrogen (secondary N) is 1. The second kappa shape index (κ2) is 7.99. The number of aromatic nitrogens is 3. The van der Waals surface area contributed by atoms with Crippen molar-refractivity contribution < 1.29 is 29.5 Å². The molecule has 1 aromatic heterocycles. The third-order valence-corrected chi connectivity index (χ3v) is 2.29. The molecule has 0 aliphatic heterocycles. The molecule has 122 valence electrons. The molecule has 0 aliphatic rings. The fraction of sp³-hybridized carbons (Fsp3) is 0.600. The Morgan fingerprint density at radius 1 is 1.55 bits per heavy atom. The number of ether oxygens (including phenoxy) is 1. The summed E-state index contributed by atoms with van der Waals surface area (Å²) in [4.78, 5) is 35.6. The molecule has 1 rings (SSSR count). The molecular formula is C10H15N5O7. The van der Waals surface area contributed by atoms with Gasteiger partial charge in [0.1, 0.15) is 12.7 Å². The predicted molar refractivity (Wildman–Crippen MR) is 68.7 cm³/mol. The third-order valence-electron chi connectivity index (χ3n) is 2.29. The van der Waals surface area contributed by atoms with E-state index in [-0.39, 0.29) is 26.3 Å². The summed E-state index contributed by atoms with van der Waals surface area (Å²) in [7, 11) is 0. The quantitative estimate of drug-likeness (QED) is 0.274. The lowest BCUT2D eigenvalue weighted by molar-refractivity contribution is -0.394. The number of aliphatic hydroxyl groups excluding tert-OH is 2. The summed E-state index contributed by atoms with van der Waals surface area (Å²) >= 11 is 0. The first kappa shape index (κ1) is 17.5. The van der Waals surface area contributed by atoms with Crippen LogP contribution in [0.1, 0.15) is 17.5 Å². The SMILES string of the molecule is CC(=O)OCC(O)Cn1nc([N+](=O)[O-])nc1C(=O)NCCO. The van der Waals surface area contributed by atoms with E-state index in [4.69, 9.17) is 5.11 Å². The average molecular weight is 317 g/mol. The lowest BCUT2D eigenvalue weighted by atomic mass is 10.3. The predicted octanol–water partition coefficient (Wildman–Crippen LogP) is -2.17. The van der Waals surface area contributed by atoms with E-state index in [1.165, 1.54) is 0 Å². The van der Waals surface area contributed by atoms with E-state index in [1.807, 2.05) is 0 Å². The van der Waals surface area contributed by atoms with Gasteiger partial charge in [-0.25, -0.2) is 0 Å². The average Bonchev–Trinajstić information content (AvgIpc) is 2.86. The first-order chi connectivity index (χ1) is 10.3. The second-order valence-corrected chi connectivity index (χ2v) is 4.11. The van der Waals surface area contributed by atoms with Crippen molar-refractivity contribution in [3.8, 4) is 0 Å². The normalized spacial score (nSPS) is 11.8. The van der Waals surface area contributed by atoms with Crippen LogP contribution in [0.15, 0.2) is 0 Å². The number of nitrogens with zero attached hydrogens (tertiary/aromatic N) is 4. The van der Waals surface area contributed by atoms with E-state index < -0.39 is 34.7 Å². The summed E-state index contributed by atoms with van der Waals surface area (Å²) < 4.78 is 5.41. The molecule has 0 saturated carbocycles. The van der Waals surface area contributed by atoms with E-state index in [1.54, 1.807) is 0 Å². The van der Waals surface area contributed by atoms with Crippen LogP contribution in [-0.2, 0) is 16.1 Å². The number of amides is 1. The Labute approximate surface area is 123 Å². The molecule has 1 aromatic rings. The first-order valence-corrected chi connectivity index (χ1v) is 6.14. The largest absolute Gasteiger partial charge is 0.491 e. The van der Waals surface area contributed by atoms with Crippen LogP contribution in [0.3, 0.4) is 0 Å². The van der Waals surface area contributed by atoms with Gasteiger partial charge in [-0.15, -0.1) is 0 Å². The van der Waals surface area contributed by atoms with Crippen molar-refractivity contribution in [3.63, 3.8) is 0 Å². The summed E-state index contributed by atoms with van der Waals surface area (Å²) in [6.07, 6.45) is -1.23. The van der Waals surface area contributed by atoms with Gasteiger partial charge in [0.2, 0.25) is 0 Å². The molecule has 12 heteroatoms. The molecule has 1 atom stereocenters. The van der Waals surface area contributed by atoms with Gasteiger partial charge in [-0.3, -0.25) is 9.59 Å². The van der Waals surface area contributed by atoms with Gasteiger partial charge in [-0.2, -0.15) is 4.68 Å². The molecule has 1 heterocycles. The molecule has 1 unspecified atom stereocenters. The van der Waals surface area contributed by atoms with Gasteiger partial charge >= 0.3 is 23.6 Å². The number of nitro groups is 1. The minimum Gasteiger partial charge on any atom is -0.463 e. The molecule has 0 aromatic carbocycles. The van der Waals surface area contributed by atoms with E-state index in [0.29, 0.717) is 0 Å². The molecule has 0 bridgehead atoms. The standard InChI is InChI=1S/C10H15N5O7/c1-6(17)22-5-7(18)4-14-8(9(19)11-2-3-16)12-10(13-14)15(20)21/h7,16,18H,2-5H2,1H3,(H,11,19). The Bertz CT molecular complexity index is 558. The Hall–Kier alpha value is -2.60. The van der Waals surface area contributed by atoms with Gasteiger partial charge in [-0.05, 0) is 9.91 Å². The van der Waals surface area contributed by atoms with Crippen LogP contribution in [0.25, 0.3) is 0 Å². The highest BCUT2D eigenvalue weighted by molar-refractivity contribution is 5.90. The summed E-state index contributed by atoms with van der Waals surface area (Å²) in [6.45, 7) is 0.0595. The number of aliphatic hydroxyl groups is 2. The molecular weight excluding hydrogens is 302 g/mol. The maximum atomic E-state index is 11.8. The molecule has 0 aliphatic carbocycles. The zero-order valence-corrected chi connectivity index (χ0v) is 11.6. The maximum absolute atomic E-state index is 11.8. The maximum Gasteiger partial charge on any atom is 0.491 e. The van der Waals surface area contributed by atoms with Crippen molar-refractivity contribution in [1.29, 1.82) is 0 Å². The van der Waals surface area contributed by atoms with E-state index >= 15 is 0 Å². The summed E-state index contributed by atoms with van der Waals surface area (Å²) in [5, 5.41) is 34.7. The summed E-state index contributed by atoms with van der Waals surface area (Å²) in [5.74, 6) is -2.62. The zero-order chi connectivity index (χ0) is 16.7. The van der Waals surface area contributed by atoms with Crippen LogP contribution in [0, 0.1) is 10.1 Å². The molecule has 0 saturated heterocycles. The summed E-state index contributed by atoms with van der Waals surface area (Å²) in [5.41, 5.74) is 0. The minimum atomic E-state index is -1.23. The molecule has 0 fully saturated rings. The van der Waals surface area contributed by atoms with Gasteiger partial charge in [0.25, 0.3) is 0 Å². The Kier molecular flexibility index (Phi) is 6.34. The van der Waals surface area contributed by atoms with Gasteiger partial charge in [-0.1, -0.05) is 0 Å². The number of esters is 1. The molecule has 0 radical (unpaired) electrons. The summed E-state index contributed by atoms with van der Waals surface area (Å²) in [6, 6.07) is 0. The fourth-order valence-corrected chi connectivity index (χ4v) is 1.42. The number of rotatable bonds is 8. The molecule has 1 amide bonds. The monoisotopic (exact) mass is 317 g/mol. The molecule has 3 N–H and O–H groups in total. The van der Waals surface area contributed by atoms with Crippen LogP contribution in [0.2, 0.25) is 0 Å². The number of hydrogen-bond donors (Lipinski definition) is 3. The lowest BCUT2D eigenvalue weighted by Gasteiger charge is -2.09. The van der Waals surface area contributed by atoms with Crippen molar-refractivity contribution >= 4 is 17.8 Å². The highest BCUT2D eigenvalue weighted by Gasteiger charge is 2.28. The van der Waals surface area contributed by atoms with Crippen molar-refractivity contribution in [2.24, 2.45) is 0 Å². The van der Waals surface area contributed by atoms with Gasteiger partial charge < -0.3 is 30.4 Å². The van der Waals surface area contributed by atoms with Gasteiger partial charge in [0, 0.05) is 18.6 Å². The molecule has 12 nitrogen and oxygen atoms in total. The zero-order valence-electron chi connectivity index (χ0n) is 11.6. The highest BCUT2D eigenvalue weighted by atomic mass is 16.6. The lowest BCUT2D eigenvalue weighted by Crippen LogP contribution is -2.32. The van der Waals surface area contributed by atoms with Crippen LogP contribution in [-0.4, -0.2) is 67.6 Å². The van der Waals surface area contributed by atoms with Crippen LogP contribution in [0.4, 0.5) is 5.95 Å². The second-order valence-electron chi connectivity index (χ2n) is 4.11.